The van der Waals surface area contributed by atoms with Gasteiger partial charge in [-0.1, -0.05) is 0 Å². The van der Waals surface area contributed by atoms with Gasteiger partial charge in [-0.25, -0.2) is 4.39 Å². The molecule has 18 heavy (non-hydrogen) atoms. The highest BCUT2D eigenvalue weighted by Crippen LogP contribution is 2.23. The molecule has 6 heteroatoms. The van der Waals surface area contributed by atoms with E-state index in [9.17, 15) is 4.39 Å². The summed E-state index contributed by atoms with van der Waals surface area (Å²) in [4.78, 5) is 0. The summed E-state index contributed by atoms with van der Waals surface area (Å²) in [5, 5.41) is 7.48. The van der Waals surface area contributed by atoms with E-state index in [0.717, 1.165) is 21.5 Å². The van der Waals surface area contributed by atoms with Crippen molar-refractivity contribution >= 4 is 37.5 Å². The third-order valence-corrected chi connectivity index (χ3v) is 4.32. The summed E-state index contributed by atoms with van der Waals surface area (Å²) >= 11 is 6.62. The van der Waals surface area contributed by atoms with Crippen LogP contribution in [0.15, 0.2) is 27.1 Å². The molecule has 3 nitrogen and oxygen atoms in total. The standard InChI is InChI=1S/C12H12Br2FN3/c1-7-12(14)11(18(2)17-7)6-16-8-3-4-9(13)10(15)5-8/h3-5,16H,6H2,1-2H3. The van der Waals surface area contributed by atoms with Gasteiger partial charge in [-0.05, 0) is 57.0 Å². The fraction of sp³-hybridized carbons (Fsp3) is 0.250. The molecule has 0 saturated carbocycles. The van der Waals surface area contributed by atoms with Gasteiger partial charge in [-0.3, -0.25) is 4.68 Å². The molecule has 1 aromatic carbocycles. The van der Waals surface area contributed by atoms with Crippen LogP contribution in [-0.4, -0.2) is 9.78 Å². The van der Waals surface area contributed by atoms with Gasteiger partial charge in [0.05, 0.1) is 26.9 Å². The predicted octanol–water partition coefficient (Wildman–Crippen LogP) is 4.00. The Kier molecular flexibility index (Phi) is 4.07. The van der Waals surface area contributed by atoms with E-state index in [-0.39, 0.29) is 5.82 Å². The number of anilines is 1. The highest BCUT2D eigenvalue weighted by molar-refractivity contribution is 9.10. The third kappa shape index (κ3) is 2.75. The molecule has 0 spiro atoms. The zero-order valence-corrected chi connectivity index (χ0v) is 13.1. The molecule has 1 N–H and O–H groups in total. The molecule has 0 bridgehead atoms. The molecule has 0 atom stereocenters. The van der Waals surface area contributed by atoms with Gasteiger partial charge >= 0.3 is 0 Å². The van der Waals surface area contributed by atoms with Gasteiger partial charge in [0.25, 0.3) is 0 Å². The average molecular weight is 377 g/mol. The Morgan fingerprint density at radius 1 is 1.39 bits per heavy atom. The van der Waals surface area contributed by atoms with Crippen LogP contribution >= 0.6 is 31.9 Å². The first-order valence-corrected chi connectivity index (χ1v) is 6.94. The van der Waals surface area contributed by atoms with Crippen LogP contribution in [0.5, 0.6) is 0 Å². The number of hydrogen-bond donors (Lipinski definition) is 1. The van der Waals surface area contributed by atoms with Gasteiger partial charge < -0.3 is 5.32 Å². The molecule has 0 aliphatic heterocycles. The molecule has 0 aliphatic rings. The molecule has 1 aromatic heterocycles. The summed E-state index contributed by atoms with van der Waals surface area (Å²) in [6.07, 6.45) is 0. The molecule has 0 amide bonds. The maximum atomic E-state index is 13.4. The maximum Gasteiger partial charge on any atom is 0.139 e. The zero-order valence-electron chi connectivity index (χ0n) is 9.97. The van der Waals surface area contributed by atoms with Gasteiger partial charge in [0.2, 0.25) is 0 Å². The Bertz CT molecular complexity index is 581. The van der Waals surface area contributed by atoms with Crippen LogP contribution in [0.3, 0.4) is 0 Å². The van der Waals surface area contributed by atoms with Crippen molar-refractivity contribution in [3.8, 4) is 0 Å². The van der Waals surface area contributed by atoms with Gasteiger partial charge in [0.1, 0.15) is 5.82 Å². The molecule has 0 radical (unpaired) electrons. The molecule has 0 aliphatic carbocycles. The van der Waals surface area contributed by atoms with E-state index in [4.69, 9.17) is 0 Å². The summed E-state index contributed by atoms with van der Waals surface area (Å²) in [5.41, 5.74) is 2.70. The third-order valence-electron chi connectivity index (χ3n) is 2.64. The van der Waals surface area contributed by atoms with Gasteiger partial charge in [-0.2, -0.15) is 5.10 Å². The molecule has 1 heterocycles. The lowest BCUT2D eigenvalue weighted by molar-refractivity contribution is 0.621. The summed E-state index contributed by atoms with van der Waals surface area (Å²) in [6, 6.07) is 4.96. The minimum absolute atomic E-state index is 0.278. The van der Waals surface area contributed by atoms with E-state index in [2.05, 4.69) is 42.3 Å². The Morgan fingerprint density at radius 2 is 2.11 bits per heavy atom. The summed E-state index contributed by atoms with van der Waals surface area (Å²) < 4.78 is 16.6. The van der Waals surface area contributed by atoms with Crippen molar-refractivity contribution in [2.75, 3.05) is 5.32 Å². The topological polar surface area (TPSA) is 29.9 Å². The average Bonchev–Trinajstić information content (AvgIpc) is 2.56. The van der Waals surface area contributed by atoms with E-state index < -0.39 is 0 Å². The van der Waals surface area contributed by atoms with Crippen molar-refractivity contribution in [1.29, 1.82) is 0 Å². The second-order valence-electron chi connectivity index (χ2n) is 3.95. The molecular weight excluding hydrogens is 365 g/mol. The number of aryl methyl sites for hydroxylation is 2. The second kappa shape index (κ2) is 5.40. The largest absolute Gasteiger partial charge is 0.379 e. The van der Waals surface area contributed by atoms with Crippen molar-refractivity contribution in [2.45, 2.75) is 13.5 Å². The summed E-state index contributed by atoms with van der Waals surface area (Å²) in [7, 11) is 1.89. The molecule has 0 saturated heterocycles. The lowest BCUT2D eigenvalue weighted by Gasteiger charge is -2.08. The SMILES string of the molecule is Cc1nn(C)c(CNc2ccc(Br)c(F)c2)c1Br. The second-order valence-corrected chi connectivity index (χ2v) is 5.60. The van der Waals surface area contributed by atoms with E-state index in [0.29, 0.717) is 11.0 Å². The van der Waals surface area contributed by atoms with Crippen LogP contribution in [0.2, 0.25) is 0 Å². The van der Waals surface area contributed by atoms with Crippen LogP contribution < -0.4 is 5.32 Å². The first kappa shape index (κ1) is 13.5. The number of aromatic nitrogens is 2. The highest BCUT2D eigenvalue weighted by atomic mass is 79.9. The first-order valence-electron chi connectivity index (χ1n) is 5.36. The highest BCUT2D eigenvalue weighted by Gasteiger charge is 2.10. The smallest absolute Gasteiger partial charge is 0.139 e. The molecule has 0 fully saturated rings. The fourth-order valence-electron chi connectivity index (χ4n) is 1.66. The van der Waals surface area contributed by atoms with Gasteiger partial charge in [0.15, 0.2) is 0 Å². The van der Waals surface area contributed by atoms with Crippen LogP contribution in [0.25, 0.3) is 0 Å². The number of hydrogen-bond acceptors (Lipinski definition) is 2. The molecule has 2 aromatic rings. The van der Waals surface area contributed by atoms with E-state index in [1.165, 1.54) is 6.07 Å². The fourth-order valence-corrected chi connectivity index (χ4v) is 2.39. The monoisotopic (exact) mass is 375 g/mol. The molecule has 96 valence electrons. The number of benzene rings is 1. The molecule has 0 unspecified atom stereocenters. The lowest BCUT2D eigenvalue weighted by atomic mass is 10.3. The maximum absolute atomic E-state index is 13.4. The minimum Gasteiger partial charge on any atom is -0.379 e. The molecule has 2 rings (SSSR count). The number of nitrogens with one attached hydrogen (secondary N) is 1. The van der Waals surface area contributed by atoms with Gasteiger partial charge in [0, 0.05) is 12.7 Å². The minimum atomic E-state index is -0.278. The Hall–Kier alpha value is -0.880. The lowest BCUT2D eigenvalue weighted by Crippen LogP contribution is -2.06. The van der Waals surface area contributed by atoms with Crippen molar-refractivity contribution in [3.05, 3.63) is 44.3 Å². The van der Waals surface area contributed by atoms with Crippen LogP contribution in [0.4, 0.5) is 10.1 Å². The Morgan fingerprint density at radius 3 is 2.67 bits per heavy atom. The first-order chi connectivity index (χ1) is 8.49. The number of rotatable bonds is 3. The van der Waals surface area contributed by atoms with E-state index >= 15 is 0 Å². The van der Waals surface area contributed by atoms with Crippen molar-refractivity contribution in [1.82, 2.24) is 9.78 Å². The molecular formula is C12H12Br2FN3. The number of halogens is 3. The normalized spacial score (nSPS) is 10.7. The van der Waals surface area contributed by atoms with Crippen LogP contribution in [-0.2, 0) is 13.6 Å². The van der Waals surface area contributed by atoms with E-state index in [1.807, 2.05) is 24.7 Å². The van der Waals surface area contributed by atoms with Crippen molar-refractivity contribution in [3.63, 3.8) is 0 Å². The van der Waals surface area contributed by atoms with Gasteiger partial charge in [-0.15, -0.1) is 0 Å². The van der Waals surface area contributed by atoms with Crippen LogP contribution in [0, 0.1) is 12.7 Å². The van der Waals surface area contributed by atoms with Crippen molar-refractivity contribution in [2.24, 2.45) is 7.05 Å². The Balaban J connectivity index is 2.14. The quantitative estimate of drug-likeness (QED) is 0.877. The van der Waals surface area contributed by atoms with Crippen LogP contribution in [0.1, 0.15) is 11.4 Å². The summed E-state index contributed by atoms with van der Waals surface area (Å²) in [5.74, 6) is -0.278. The van der Waals surface area contributed by atoms with Crippen molar-refractivity contribution < 1.29 is 4.39 Å². The number of nitrogens with zero attached hydrogens (tertiary/aromatic N) is 2. The Labute approximate surface area is 122 Å². The predicted molar refractivity (Wildman–Crippen MR) is 77.1 cm³/mol. The summed E-state index contributed by atoms with van der Waals surface area (Å²) in [6.45, 7) is 2.52. The van der Waals surface area contributed by atoms with E-state index in [1.54, 1.807) is 6.07 Å². The zero-order chi connectivity index (χ0) is 13.3.